The fraction of sp³-hybridized carbons (Fsp3) is 0.0800. The molecule has 0 saturated heterocycles. The molecule has 0 unspecified atom stereocenters. The van der Waals surface area contributed by atoms with Gasteiger partial charge in [-0.2, -0.15) is 5.10 Å². The first kappa shape index (κ1) is 20.1. The summed E-state index contributed by atoms with van der Waals surface area (Å²) in [6, 6.07) is 25.8. The van der Waals surface area contributed by atoms with Gasteiger partial charge >= 0.3 is 0 Å². The van der Waals surface area contributed by atoms with Crippen molar-refractivity contribution in [2.45, 2.75) is 13.8 Å². The smallest absolute Gasteiger partial charge is 0.276 e. The molecule has 6 nitrogen and oxygen atoms in total. The van der Waals surface area contributed by atoms with E-state index in [2.05, 4.69) is 15.7 Å². The number of anilines is 2. The third kappa shape index (κ3) is 4.53. The molecule has 0 bridgehead atoms. The van der Waals surface area contributed by atoms with E-state index in [1.54, 1.807) is 22.9 Å². The molecule has 0 aliphatic rings. The molecular formula is C25H22N4O2. The third-order valence-corrected chi connectivity index (χ3v) is 4.90. The molecule has 0 aliphatic heterocycles. The van der Waals surface area contributed by atoms with Gasteiger partial charge in [0.2, 0.25) is 0 Å². The SMILES string of the molecule is Cc1ccc(C(=O)Nc2ccccc2)cc1NC(=O)c1cc(C)n(-c2ccccc2)n1. The summed E-state index contributed by atoms with van der Waals surface area (Å²) in [7, 11) is 0. The number of rotatable bonds is 5. The normalized spacial score (nSPS) is 10.5. The van der Waals surface area contributed by atoms with Crippen molar-refractivity contribution in [1.82, 2.24) is 9.78 Å². The van der Waals surface area contributed by atoms with Gasteiger partial charge in [-0.05, 0) is 61.9 Å². The maximum atomic E-state index is 12.8. The number of aromatic nitrogens is 2. The predicted molar refractivity (Wildman–Crippen MR) is 122 cm³/mol. The summed E-state index contributed by atoms with van der Waals surface area (Å²) in [5.74, 6) is -0.576. The molecule has 0 fully saturated rings. The highest BCUT2D eigenvalue weighted by Crippen LogP contribution is 2.20. The fourth-order valence-corrected chi connectivity index (χ4v) is 3.23. The summed E-state index contributed by atoms with van der Waals surface area (Å²) >= 11 is 0. The minimum atomic E-state index is -0.332. The van der Waals surface area contributed by atoms with Crippen LogP contribution in [0.5, 0.6) is 0 Å². The largest absolute Gasteiger partial charge is 0.322 e. The van der Waals surface area contributed by atoms with Gasteiger partial charge in [-0.3, -0.25) is 9.59 Å². The number of hydrogen-bond donors (Lipinski definition) is 2. The summed E-state index contributed by atoms with van der Waals surface area (Å²) in [6.45, 7) is 3.78. The Balaban J connectivity index is 1.53. The number of amides is 2. The highest BCUT2D eigenvalue weighted by atomic mass is 16.2. The van der Waals surface area contributed by atoms with E-state index in [1.165, 1.54) is 0 Å². The molecule has 0 radical (unpaired) electrons. The van der Waals surface area contributed by atoms with E-state index in [0.717, 1.165) is 16.9 Å². The van der Waals surface area contributed by atoms with Gasteiger partial charge in [0, 0.05) is 22.6 Å². The van der Waals surface area contributed by atoms with Gasteiger partial charge in [-0.25, -0.2) is 4.68 Å². The molecule has 4 rings (SSSR count). The first-order chi connectivity index (χ1) is 15.0. The van der Waals surface area contributed by atoms with E-state index in [0.29, 0.717) is 22.6 Å². The second-order valence-corrected chi connectivity index (χ2v) is 7.22. The molecule has 31 heavy (non-hydrogen) atoms. The Hall–Kier alpha value is -4.19. The molecule has 3 aromatic carbocycles. The van der Waals surface area contributed by atoms with Gasteiger partial charge in [-0.15, -0.1) is 0 Å². The lowest BCUT2D eigenvalue weighted by Gasteiger charge is -2.10. The zero-order valence-electron chi connectivity index (χ0n) is 17.3. The van der Waals surface area contributed by atoms with Gasteiger partial charge < -0.3 is 10.6 Å². The maximum absolute atomic E-state index is 12.8. The molecule has 1 heterocycles. The number of carbonyl (C=O) groups is 2. The Morgan fingerprint density at radius 2 is 1.45 bits per heavy atom. The Morgan fingerprint density at radius 1 is 0.774 bits per heavy atom. The minimum Gasteiger partial charge on any atom is -0.322 e. The van der Waals surface area contributed by atoms with Crippen molar-refractivity contribution in [1.29, 1.82) is 0 Å². The molecule has 2 N–H and O–H groups in total. The van der Waals surface area contributed by atoms with Crippen LogP contribution in [0, 0.1) is 13.8 Å². The first-order valence-electron chi connectivity index (χ1n) is 9.92. The van der Waals surface area contributed by atoms with E-state index in [9.17, 15) is 9.59 Å². The Bertz CT molecular complexity index is 1230. The van der Waals surface area contributed by atoms with Crippen molar-refractivity contribution in [3.63, 3.8) is 0 Å². The van der Waals surface area contributed by atoms with E-state index < -0.39 is 0 Å². The van der Waals surface area contributed by atoms with E-state index in [1.807, 2.05) is 80.6 Å². The van der Waals surface area contributed by atoms with Crippen LogP contribution in [0.25, 0.3) is 5.69 Å². The molecule has 0 aliphatic carbocycles. The average Bonchev–Trinajstić information content (AvgIpc) is 3.18. The van der Waals surface area contributed by atoms with Gasteiger partial charge in [0.1, 0.15) is 0 Å². The average molecular weight is 410 g/mol. The van der Waals surface area contributed by atoms with E-state index in [4.69, 9.17) is 0 Å². The highest BCUT2D eigenvalue weighted by Gasteiger charge is 2.16. The molecule has 0 saturated carbocycles. The molecule has 1 aromatic heterocycles. The van der Waals surface area contributed by atoms with Crippen LogP contribution in [-0.2, 0) is 0 Å². The van der Waals surface area contributed by atoms with Crippen molar-refractivity contribution < 1.29 is 9.59 Å². The summed E-state index contributed by atoms with van der Waals surface area (Å²) in [6.07, 6.45) is 0. The quantitative estimate of drug-likeness (QED) is 0.486. The van der Waals surface area contributed by atoms with Crippen LogP contribution in [0.2, 0.25) is 0 Å². The molecule has 154 valence electrons. The van der Waals surface area contributed by atoms with Crippen LogP contribution in [0.3, 0.4) is 0 Å². The zero-order chi connectivity index (χ0) is 21.8. The Morgan fingerprint density at radius 3 is 2.16 bits per heavy atom. The molecule has 0 atom stereocenters. The molecule has 4 aromatic rings. The minimum absolute atomic E-state index is 0.245. The third-order valence-electron chi connectivity index (χ3n) is 4.90. The van der Waals surface area contributed by atoms with Gasteiger partial charge in [0.25, 0.3) is 11.8 Å². The number of aryl methyl sites for hydroxylation is 2. The standard InChI is InChI=1S/C25H22N4O2/c1-17-13-14-19(24(30)26-20-9-5-3-6-10-20)16-22(17)27-25(31)23-15-18(2)29(28-23)21-11-7-4-8-12-21/h3-16H,1-2H3,(H,26,30)(H,27,31). The Kier molecular flexibility index (Phi) is 5.62. The number of nitrogens with zero attached hydrogens (tertiary/aromatic N) is 2. The summed E-state index contributed by atoms with van der Waals surface area (Å²) in [4.78, 5) is 25.4. The van der Waals surface area contributed by atoms with Gasteiger partial charge in [0.05, 0.1) is 5.69 Å². The number of carbonyl (C=O) groups excluding carboxylic acids is 2. The number of para-hydroxylation sites is 2. The molecular weight excluding hydrogens is 388 g/mol. The molecule has 6 heteroatoms. The van der Waals surface area contributed by atoms with E-state index >= 15 is 0 Å². The van der Waals surface area contributed by atoms with E-state index in [-0.39, 0.29) is 11.8 Å². The van der Waals surface area contributed by atoms with Crippen LogP contribution in [0.15, 0.2) is 84.9 Å². The van der Waals surface area contributed by atoms with Crippen LogP contribution >= 0.6 is 0 Å². The lowest BCUT2D eigenvalue weighted by Crippen LogP contribution is -2.16. The van der Waals surface area contributed by atoms with Crippen LogP contribution in [0.1, 0.15) is 32.1 Å². The van der Waals surface area contributed by atoms with Crippen molar-refractivity contribution in [3.8, 4) is 5.69 Å². The summed E-state index contributed by atoms with van der Waals surface area (Å²) in [5.41, 5.74) is 4.62. The maximum Gasteiger partial charge on any atom is 0.276 e. The monoisotopic (exact) mass is 410 g/mol. The fourth-order valence-electron chi connectivity index (χ4n) is 3.23. The van der Waals surface area contributed by atoms with Crippen molar-refractivity contribution in [2.75, 3.05) is 10.6 Å². The van der Waals surface area contributed by atoms with Crippen LogP contribution in [-0.4, -0.2) is 21.6 Å². The summed E-state index contributed by atoms with van der Waals surface area (Å²) in [5, 5.41) is 10.2. The van der Waals surface area contributed by atoms with Crippen LogP contribution in [0.4, 0.5) is 11.4 Å². The second-order valence-electron chi connectivity index (χ2n) is 7.22. The Labute approximate surface area is 180 Å². The number of nitrogens with one attached hydrogen (secondary N) is 2. The number of hydrogen-bond acceptors (Lipinski definition) is 3. The molecule has 2 amide bonds. The summed E-state index contributed by atoms with van der Waals surface area (Å²) < 4.78 is 1.73. The van der Waals surface area contributed by atoms with Gasteiger partial charge in [-0.1, -0.05) is 42.5 Å². The van der Waals surface area contributed by atoms with Crippen LogP contribution < -0.4 is 10.6 Å². The van der Waals surface area contributed by atoms with Gasteiger partial charge in [0.15, 0.2) is 5.69 Å². The topological polar surface area (TPSA) is 76.0 Å². The van der Waals surface area contributed by atoms with Crippen molar-refractivity contribution >= 4 is 23.2 Å². The lowest BCUT2D eigenvalue weighted by atomic mass is 10.1. The van der Waals surface area contributed by atoms with Crippen molar-refractivity contribution in [2.24, 2.45) is 0 Å². The zero-order valence-corrected chi connectivity index (χ0v) is 17.3. The lowest BCUT2D eigenvalue weighted by molar-refractivity contribution is 0.101. The predicted octanol–water partition coefficient (Wildman–Crippen LogP) is 4.99. The number of benzene rings is 3. The highest BCUT2D eigenvalue weighted by molar-refractivity contribution is 6.07. The first-order valence-corrected chi connectivity index (χ1v) is 9.92. The molecule has 0 spiro atoms. The second kappa shape index (κ2) is 8.67. The van der Waals surface area contributed by atoms with Crippen molar-refractivity contribution in [3.05, 3.63) is 107 Å².